The van der Waals surface area contributed by atoms with Crippen LogP contribution < -0.4 is 15.4 Å². The molecule has 0 aliphatic heterocycles. The van der Waals surface area contributed by atoms with Gasteiger partial charge >= 0.3 is 0 Å². The van der Waals surface area contributed by atoms with E-state index in [9.17, 15) is 8.42 Å². The van der Waals surface area contributed by atoms with Gasteiger partial charge < -0.3 is 15.7 Å². The zero-order valence-corrected chi connectivity index (χ0v) is 12.2. The Labute approximate surface area is 114 Å². The minimum Gasteiger partial charge on any atom is -0.399 e. The van der Waals surface area contributed by atoms with Gasteiger partial charge in [0, 0.05) is 18.3 Å². The minimum absolute atomic E-state index is 0.0540. The molecule has 0 atom stereocenters. The molecule has 0 bridgehead atoms. The molecule has 0 saturated carbocycles. The molecular formula is C12H21N3O3S. The monoisotopic (exact) mass is 287 g/mol. The van der Waals surface area contributed by atoms with Gasteiger partial charge in [0.05, 0.1) is 12.3 Å². The summed E-state index contributed by atoms with van der Waals surface area (Å²) in [6.07, 6.45) is 0. The van der Waals surface area contributed by atoms with Crippen LogP contribution in [0.1, 0.15) is 13.8 Å². The summed E-state index contributed by atoms with van der Waals surface area (Å²) >= 11 is 0. The fourth-order valence-corrected chi connectivity index (χ4v) is 2.83. The third kappa shape index (κ3) is 3.59. The maximum atomic E-state index is 12.0. The van der Waals surface area contributed by atoms with E-state index in [1.807, 2.05) is 18.7 Å². The van der Waals surface area contributed by atoms with Gasteiger partial charge in [-0.05, 0) is 39.1 Å². The van der Waals surface area contributed by atoms with Gasteiger partial charge in [0.1, 0.15) is 4.90 Å². The second-order valence-electron chi connectivity index (χ2n) is 4.45. The quantitative estimate of drug-likeness (QED) is 0.658. The summed E-state index contributed by atoms with van der Waals surface area (Å²) in [6, 6.07) is 4.79. The number of sulfonamides is 1. The highest BCUT2D eigenvalue weighted by molar-refractivity contribution is 7.89. The first-order valence-electron chi connectivity index (χ1n) is 6.04. The highest BCUT2D eigenvalue weighted by atomic mass is 32.2. The number of nitrogens with two attached hydrogens (primary N) is 1. The molecule has 0 fully saturated rings. The van der Waals surface area contributed by atoms with Crippen LogP contribution in [0.4, 0.5) is 11.4 Å². The van der Waals surface area contributed by atoms with Gasteiger partial charge in [0.25, 0.3) is 0 Å². The molecule has 4 N–H and O–H groups in total. The number of aliphatic hydroxyl groups is 1. The van der Waals surface area contributed by atoms with Crippen molar-refractivity contribution in [2.75, 3.05) is 30.8 Å². The van der Waals surface area contributed by atoms with Gasteiger partial charge in [-0.2, -0.15) is 0 Å². The van der Waals surface area contributed by atoms with E-state index in [0.717, 1.165) is 0 Å². The number of nitrogens with zero attached hydrogens (tertiary/aromatic N) is 1. The summed E-state index contributed by atoms with van der Waals surface area (Å²) in [6.45, 7) is 4.17. The van der Waals surface area contributed by atoms with Crippen molar-refractivity contribution in [2.45, 2.75) is 24.8 Å². The van der Waals surface area contributed by atoms with E-state index in [1.54, 1.807) is 12.1 Å². The van der Waals surface area contributed by atoms with Crippen LogP contribution >= 0.6 is 0 Å². The Morgan fingerprint density at radius 3 is 2.53 bits per heavy atom. The zero-order valence-electron chi connectivity index (χ0n) is 11.4. The van der Waals surface area contributed by atoms with E-state index in [-0.39, 0.29) is 17.5 Å². The molecule has 6 nitrogen and oxygen atoms in total. The lowest BCUT2D eigenvalue weighted by Crippen LogP contribution is -2.35. The Morgan fingerprint density at radius 2 is 2.05 bits per heavy atom. The van der Waals surface area contributed by atoms with E-state index in [0.29, 0.717) is 17.9 Å². The molecule has 19 heavy (non-hydrogen) atoms. The molecule has 7 heteroatoms. The lowest BCUT2D eigenvalue weighted by Gasteiger charge is -2.30. The Kier molecular flexibility index (Phi) is 5.16. The smallest absolute Gasteiger partial charge is 0.242 e. The molecular weight excluding hydrogens is 266 g/mol. The molecule has 0 spiro atoms. The molecule has 0 aliphatic carbocycles. The van der Waals surface area contributed by atoms with E-state index >= 15 is 0 Å². The number of nitrogens with one attached hydrogen (secondary N) is 1. The standard InChI is InChI=1S/C12H21N3O3S/c1-9(2)15(6-7-16)11-5-4-10(13)8-12(11)19(17,18)14-3/h4-5,8-9,14,16H,6-7,13H2,1-3H3. The van der Waals surface area contributed by atoms with Gasteiger partial charge in [-0.3, -0.25) is 0 Å². The number of hydrogen-bond acceptors (Lipinski definition) is 5. The van der Waals surface area contributed by atoms with Gasteiger partial charge in [0.15, 0.2) is 0 Å². The average Bonchev–Trinajstić information content (AvgIpc) is 2.36. The zero-order chi connectivity index (χ0) is 14.6. The second-order valence-corrected chi connectivity index (χ2v) is 6.30. The molecule has 1 aromatic carbocycles. The Morgan fingerprint density at radius 1 is 1.42 bits per heavy atom. The molecule has 0 amide bonds. The predicted molar refractivity (Wildman–Crippen MR) is 76.7 cm³/mol. The van der Waals surface area contributed by atoms with Gasteiger partial charge in [-0.1, -0.05) is 0 Å². The van der Waals surface area contributed by atoms with Crippen LogP contribution in [0.25, 0.3) is 0 Å². The SMILES string of the molecule is CNS(=O)(=O)c1cc(N)ccc1N(CCO)C(C)C. The molecule has 1 rings (SSSR count). The van der Waals surface area contributed by atoms with Crippen molar-refractivity contribution >= 4 is 21.4 Å². The maximum Gasteiger partial charge on any atom is 0.242 e. The van der Waals surface area contributed by atoms with E-state index in [1.165, 1.54) is 13.1 Å². The highest BCUT2D eigenvalue weighted by Gasteiger charge is 2.22. The maximum absolute atomic E-state index is 12.0. The van der Waals surface area contributed by atoms with Crippen molar-refractivity contribution < 1.29 is 13.5 Å². The lowest BCUT2D eigenvalue weighted by molar-refractivity contribution is 0.298. The van der Waals surface area contributed by atoms with Crippen molar-refractivity contribution in [3.05, 3.63) is 18.2 Å². The number of aliphatic hydroxyl groups excluding tert-OH is 1. The number of hydrogen-bond donors (Lipinski definition) is 3. The number of anilines is 2. The molecule has 108 valence electrons. The Balaban J connectivity index is 3.42. The normalized spacial score (nSPS) is 11.8. The summed E-state index contributed by atoms with van der Waals surface area (Å²) in [5.74, 6) is 0. The largest absolute Gasteiger partial charge is 0.399 e. The molecule has 0 saturated heterocycles. The van der Waals surface area contributed by atoms with Crippen molar-refractivity contribution in [2.24, 2.45) is 0 Å². The Hall–Kier alpha value is -1.31. The molecule has 0 aliphatic rings. The topological polar surface area (TPSA) is 95.7 Å². The van der Waals surface area contributed by atoms with Crippen molar-refractivity contribution in [3.63, 3.8) is 0 Å². The third-order valence-corrected chi connectivity index (χ3v) is 4.26. The van der Waals surface area contributed by atoms with Crippen LogP contribution in [-0.4, -0.2) is 39.8 Å². The van der Waals surface area contributed by atoms with Crippen LogP contribution in [0.3, 0.4) is 0 Å². The second kappa shape index (κ2) is 6.23. The summed E-state index contributed by atoms with van der Waals surface area (Å²) in [5, 5.41) is 9.12. The first-order valence-corrected chi connectivity index (χ1v) is 7.52. The van der Waals surface area contributed by atoms with Crippen LogP contribution in [-0.2, 0) is 10.0 Å². The fourth-order valence-electron chi connectivity index (χ4n) is 1.86. The highest BCUT2D eigenvalue weighted by Crippen LogP contribution is 2.28. The van der Waals surface area contributed by atoms with Gasteiger partial charge in [0.2, 0.25) is 10.0 Å². The van der Waals surface area contributed by atoms with Crippen LogP contribution in [0, 0.1) is 0 Å². The fraction of sp³-hybridized carbons (Fsp3) is 0.500. The summed E-state index contributed by atoms with van der Waals surface area (Å²) < 4.78 is 26.4. The minimum atomic E-state index is -3.60. The third-order valence-electron chi connectivity index (χ3n) is 2.82. The van der Waals surface area contributed by atoms with Crippen molar-refractivity contribution in [1.29, 1.82) is 0 Å². The van der Waals surface area contributed by atoms with E-state index in [2.05, 4.69) is 4.72 Å². The first kappa shape index (κ1) is 15.7. The Bertz CT molecular complexity index is 529. The molecule has 0 heterocycles. The first-order chi connectivity index (χ1) is 8.83. The average molecular weight is 287 g/mol. The van der Waals surface area contributed by atoms with Crippen LogP contribution in [0.15, 0.2) is 23.1 Å². The molecule has 1 aromatic rings. The molecule has 0 aromatic heterocycles. The molecule has 0 unspecified atom stereocenters. The summed E-state index contributed by atoms with van der Waals surface area (Å²) in [5.41, 5.74) is 6.58. The summed E-state index contributed by atoms with van der Waals surface area (Å²) in [7, 11) is -2.25. The lowest BCUT2D eigenvalue weighted by atomic mass is 10.2. The van der Waals surface area contributed by atoms with Crippen molar-refractivity contribution in [1.82, 2.24) is 4.72 Å². The van der Waals surface area contributed by atoms with Crippen LogP contribution in [0.5, 0.6) is 0 Å². The van der Waals surface area contributed by atoms with E-state index in [4.69, 9.17) is 10.8 Å². The number of benzene rings is 1. The van der Waals surface area contributed by atoms with E-state index < -0.39 is 10.0 Å². The van der Waals surface area contributed by atoms with Gasteiger partial charge in [-0.25, -0.2) is 13.1 Å². The van der Waals surface area contributed by atoms with Crippen molar-refractivity contribution in [3.8, 4) is 0 Å². The van der Waals surface area contributed by atoms with Gasteiger partial charge in [-0.15, -0.1) is 0 Å². The molecule has 0 radical (unpaired) electrons. The summed E-state index contributed by atoms with van der Waals surface area (Å²) in [4.78, 5) is 1.95. The number of rotatable bonds is 6. The number of nitrogen functional groups attached to an aromatic ring is 1. The van der Waals surface area contributed by atoms with Crippen LogP contribution in [0.2, 0.25) is 0 Å². The predicted octanol–water partition coefficient (Wildman–Crippen LogP) is 0.384.